The molecule has 2 fully saturated rings. The van der Waals surface area contributed by atoms with Gasteiger partial charge >= 0.3 is 0 Å². The lowest BCUT2D eigenvalue weighted by atomic mass is 9.84. The van der Waals surface area contributed by atoms with E-state index in [0.717, 1.165) is 37.9 Å². The highest BCUT2D eigenvalue weighted by Crippen LogP contribution is 2.47. The summed E-state index contributed by atoms with van der Waals surface area (Å²) in [7, 11) is -3.72. The topological polar surface area (TPSA) is 105 Å². The van der Waals surface area contributed by atoms with Gasteiger partial charge in [0.15, 0.2) is 0 Å². The van der Waals surface area contributed by atoms with Crippen LogP contribution in [0, 0.1) is 0 Å². The zero-order chi connectivity index (χ0) is 23.7. The van der Waals surface area contributed by atoms with Crippen LogP contribution in [0.2, 0.25) is 0 Å². The summed E-state index contributed by atoms with van der Waals surface area (Å²) in [5.74, 6) is 0.646. The smallest absolute Gasteiger partial charge is 0.261 e. The van der Waals surface area contributed by atoms with Crippen molar-refractivity contribution in [2.24, 2.45) is 0 Å². The molecule has 0 saturated carbocycles. The number of aliphatic hydroxyl groups excluding tert-OH is 1. The predicted molar refractivity (Wildman–Crippen MR) is 126 cm³/mol. The summed E-state index contributed by atoms with van der Waals surface area (Å²) in [6, 6.07) is 13.4. The monoisotopic (exact) mass is 486 g/mol. The number of anilines is 1. The van der Waals surface area contributed by atoms with E-state index < -0.39 is 16.1 Å². The Balaban J connectivity index is 1.34. The first-order chi connectivity index (χ1) is 16.4. The maximum absolute atomic E-state index is 12.8. The molecule has 3 heterocycles. The molecule has 3 aliphatic heterocycles. The molecule has 2 saturated heterocycles. The van der Waals surface area contributed by atoms with Crippen molar-refractivity contribution >= 4 is 21.6 Å². The van der Waals surface area contributed by atoms with Gasteiger partial charge in [-0.15, -0.1) is 0 Å². The second-order valence-electron chi connectivity index (χ2n) is 9.22. The van der Waals surface area contributed by atoms with E-state index in [9.17, 15) is 18.3 Å². The van der Waals surface area contributed by atoms with Gasteiger partial charge in [-0.2, -0.15) is 0 Å². The number of carbonyl (C=O) groups excluding carboxylic acids is 1. The van der Waals surface area contributed by atoms with Gasteiger partial charge < -0.3 is 19.5 Å². The third kappa shape index (κ3) is 4.64. The fourth-order valence-electron chi connectivity index (χ4n) is 5.23. The molecular formula is C25H30N2O6S. The number of likely N-dealkylation sites (tertiary alicyclic amines) is 1. The van der Waals surface area contributed by atoms with E-state index in [4.69, 9.17) is 9.47 Å². The molecule has 5 rings (SSSR count). The molecule has 4 atom stereocenters. The lowest BCUT2D eigenvalue weighted by molar-refractivity contribution is -0.149. The molecule has 0 spiro atoms. The van der Waals surface area contributed by atoms with Gasteiger partial charge in [0, 0.05) is 30.3 Å². The number of fused-ring (bicyclic) bond motifs is 3. The quantitative estimate of drug-likeness (QED) is 0.651. The average molecular weight is 487 g/mol. The molecule has 8 nitrogen and oxygen atoms in total. The standard InChI is InChI=1S/C25H30N2O6S/c28-16-23-25-21(14-18(32-23)15-24(29)27-11-5-2-6-12-27)20-13-17(9-10-22(20)33-25)26-34(30,31)19-7-3-1-4-8-19/h1,3-4,7-10,13,18,21,23,25-26,28H,2,5-6,11-12,14-16H2/t18-,21+,23+,25-/m0/s1. The number of benzene rings is 2. The molecule has 182 valence electrons. The van der Waals surface area contributed by atoms with Gasteiger partial charge in [-0.25, -0.2) is 8.42 Å². The molecule has 9 heteroatoms. The predicted octanol–water partition coefficient (Wildman–Crippen LogP) is 2.88. The number of rotatable bonds is 6. The first kappa shape index (κ1) is 23.1. The van der Waals surface area contributed by atoms with E-state index in [0.29, 0.717) is 17.9 Å². The fraction of sp³-hybridized carbons (Fsp3) is 0.480. The van der Waals surface area contributed by atoms with Crippen LogP contribution in [0.25, 0.3) is 0 Å². The summed E-state index contributed by atoms with van der Waals surface area (Å²) in [6.07, 6.45) is 2.82. The van der Waals surface area contributed by atoms with Crippen LogP contribution in [0.5, 0.6) is 5.75 Å². The highest BCUT2D eigenvalue weighted by atomic mass is 32.2. The first-order valence-electron chi connectivity index (χ1n) is 11.9. The molecule has 0 radical (unpaired) electrons. The van der Waals surface area contributed by atoms with Crippen molar-refractivity contribution in [3.05, 3.63) is 54.1 Å². The van der Waals surface area contributed by atoms with Gasteiger partial charge in [-0.1, -0.05) is 18.2 Å². The van der Waals surface area contributed by atoms with Crippen LogP contribution in [-0.4, -0.2) is 62.3 Å². The molecule has 0 unspecified atom stereocenters. The summed E-state index contributed by atoms with van der Waals surface area (Å²) in [4.78, 5) is 14.9. The number of ether oxygens (including phenoxy) is 2. The Bertz CT molecular complexity index is 1130. The minimum Gasteiger partial charge on any atom is -0.487 e. The molecule has 2 N–H and O–H groups in total. The van der Waals surface area contributed by atoms with Crippen molar-refractivity contribution in [3.8, 4) is 5.75 Å². The van der Waals surface area contributed by atoms with Crippen molar-refractivity contribution in [2.75, 3.05) is 24.4 Å². The summed E-state index contributed by atoms with van der Waals surface area (Å²) in [5.41, 5.74) is 1.32. The maximum atomic E-state index is 12.8. The molecule has 0 bridgehead atoms. The number of nitrogens with one attached hydrogen (secondary N) is 1. The Kier molecular flexibility index (Phi) is 6.50. The third-order valence-electron chi connectivity index (χ3n) is 6.92. The molecule has 2 aromatic rings. The highest BCUT2D eigenvalue weighted by Gasteiger charge is 2.46. The van der Waals surface area contributed by atoms with Gasteiger partial charge in [0.25, 0.3) is 10.0 Å². The Morgan fingerprint density at radius 3 is 2.59 bits per heavy atom. The van der Waals surface area contributed by atoms with E-state index in [1.54, 1.807) is 48.5 Å². The third-order valence-corrected chi connectivity index (χ3v) is 8.31. The lowest BCUT2D eigenvalue weighted by Crippen LogP contribution is -2.48. The van der Waals surface area contributed by atoms with Crippen LogP contribution >= 0.6 is 0 Å². The van der Waals surface area contributed by atoms with E-state index in [1.165, 1.54) is 0 Å². The molecular weight excluding hydrogens is 456 g/mol. The number of carbonyl (C=O) groups is 1. The van der Waals surface area contributed by atoms with E-state index in [1.807, 2.05) is 4.90 Å². The normalized spacial score (nSPS) is 26.3. The summed E-state index contributed by atoms with van der Waals surface area (Å²) in [6.45, 7) is 1.37. The van der Waals surface area contributed by atoms with Crippen molar-refractivity contribution < 1.29 is 27.8 Å². The minimum absolute atomic E-state index is 0.0864. The molecule has 0 aliphatic carbocycles. The molecule has 2 aromatic carbocycles. The number of nitrogens with zero attached hydrogens (tertiary/aromatic N) is 1. The lowest BCUT2D eigenvalue weighted by Gasteiger charge is -2.38. The number of hydrogen-bond donors (Lipinski definition) is 2. The van der Waals surface area contributed by atoms with Crippen LogP contribution in [0.4, 0.5) is 5.69 Å². The van der Waals surface area contributed by atoms with Crippen LogP contribution < -0.4 is 9.46 Å². The number of amides is 1. The maximum Gasteiger partial charge on any atom is 0.261 e. The van der Waals surface area contributed by atoms with Crippen LogP contribution in [0.3, 0.4) is 0 Å². The number of sulfonamides is 1. The van der Waals surface area contributed by atoms with Gasteiger partial charge in [0.05, 0.1) is 24.0 Å². The Labute approximate surface area is 199 Å². The second kappa shape index (κ2) is 9.56. The Hall–Kier alpha value is -2.62. The Morgan fingerprint density at radius 2 is 1.85 bits per heavy atom. The average Bonchev–Trinajstić information content (AvgIpc) is 3.22. The zero-order valence-corrected chi connectivity index (χ0v) is 19.7. The van der Waals surface area contributed by atoms with Crippen molar-refractivity contribution in [2.45, 2.75) is 61.2 Å². The van der Waals surface area contributed by atoms with Gasteiger partial charge in [0.1, 0.15) is 18.0 Å². The zero-order valence-electron chi connectivity index (χ0n) is 18.9. The number of aliphatic hydroxyl groups is 1. The van der Waals surface area contributed by atoms with Gasteiger partial charge in [-0.05, 0) is 56.0 Å². The highest BCUT2D eigenvalue weighted by molar-refractivity contribution is 7.92. The number of hydrogen-bond acceptors (Lipinski definition) is 6. The van der Waals surface area contributed by atoms with E-state index in [2.05, 4.69) is 4.72 Å². The number of piperidine rings is 1. The summed E-state index contributed by atoms with van der Waals surface area (Å²) in [5, 5.41) is 9.96. The second-order valence-corrected chi connectivity index (χ2v) is 10.9. The van der Waals surface area contributed by atoms with Gasteiger partial charge in [-0.3, -0.25) is 9.52 Å². The Morgan fingerprint density at radius 1 is 1.09 bits per heavy atom. The van der Waals surface area contributed by atoms with E-state index >= 15 is 0 Å². The van der Waals surface area contributed by atoms with E-state index in [-0.39, 0.29) is 42.0 Å². The van der Waals surface area contributed by atoms with Crippen LogP contribution in [0.1, 0.15) is 43.6 Å². The largest absolute Gasteiger partial charge is 0.487 e. The van der Waals surface area contributed by atoms with Gasteiger partial charge in [0.2, 0.25) is 5.91 Å². The van der Waals surface area contributed by atoms with Crippen LogP contribution in [-0.2, 0) is 19.6 Å². The molecule has 0 aromatic heterocycles. The molecule has 3 aliphatic rings. The van der Waals surface area contributed by atoms with Crippen molar-refractivity contribution in [3.63, 3.8) is 0 Å². The van der Waals surface area contributed by atoms with Crippen molar-refractivity contribution in [1.29, 1.82) is 0 Å². The summed E-state index contributed by atoms with van der Waals surface area (Å²) < 4.78 is 40.4. The summed E-state index contributed by atoms with van der Waals surface area (Å²) >= 11 is 0. The SMILES string of the molecule is O=C(C[C@@H]1C[C@@H]2c3cc(NS(=O)(=O)c4ccccc4)ccc3O[C@@H]2[C@@H](CO)O1)N1CCCCC1. The van der Waals surface area contributed by atoms with Crippen LogP contribution in [0.15, 0.2) is 53.4 Å². The first-order valence-corrected chi connectivity index (χ1v) is 13.4. The fourth-order valence-corrected chi connectivity index (χ4v) is 6.30. The van der Waals surface area contributed by atoms with Crippen molar-refractivity contribution in [1.82, 2.24) is 4.90 Å². The molecule has 1 amide bonds. The minimum atomic E-state index is -3.72. The molecule has 34 heavy (non-hydrogen) atoms.